The molecule has 0 bridgehead atoms. The number of rotatable bonds is 3. The van der Waals surface area contributed by atoms with E-state index in [2.05, 4.69) is 15.5 Å². The minimum absolute atomic E-state index is 0.0494. The van der Waals surface area contributed by atoms with Crippen LogP contribution >= 0.6 is 0 Å². The van der Waals surface area contributed by atoms with Crippen molar-refractivity contribution in [2.75, 3.05) is 20.1 Å². The molecule has 0 saturated carbocycles. The molecule has 27 heavy (non-hydrogen) atoms. The SMILES string of the molecule is CNC1CCN(C(=O)c2cc(-c3ccc(F)cc3)nc3onc(C)c23)CC1. The second kappa shape index (κ2) is 7.08. The monoisotopic (exact) mass is 368 g/mol. The first-order valence-corrected chi connectivity index (χ1v) is 9.06. The van der Waals surface area contributed by atoms with Gasteiger partial charge < -0.3 is 14.7 Å². The van der Waals surface area contributed by atoms with Gasteiger partial charge in [-0.25, -0.2) is 9.37 Å². The van der Waals surface area contributed by atoms with Gasteiger partial charge in [-0.15, -0.1) is 0 Å². The summed E-state index contributed by atoms with van der Waals surface area (Å²) in [7, 11) is 1.95. The average molecular weight is 368 g/mol. The summed E-state index contributed by atoms with van der Waals surface area (Å²) in [4.78, 5) is 19.6. The predicted molar refractivity (Wildman–Crippen MR) is 99.9 cm³/mol. The molecule has 3 heterocycles. The van der Waals surface area contributed by atoms with Crippen molar-refractivity contribution in [1.82, 2.24) is 20.4 Å². The third kappa shape index (κ3) is 3.30. The van der Waals surface area contributed by atoms with Crippen molar-refractivity contribution >= 4 is 17.0 Å². The Morgan fingerprint density at radius 2 is 1.96 bits per heavy atom. The van der Waals surface area contributed by atoms with Crippen LogP contribution < -0.4 is 5.32 Å². The molecule has 7 heteroatoms. The van der Waals surface area contributed by atoms with Gasteiger partial charge in [0, 0.05) is 24.7 Å². The molecular formula is C20H21FN4O2. The number of carbonyl (C=O) groups is 1. The molecule has 1 aliphatic rings. The summed E-state index contributed by atoms with van der Waals surface area (Å²) < 4.78 is 18.6. The summed E-state index contributed by atoms with van der Waals surface area (Å²) in [5, 5.41) is 7.89. The standard InChI is InChI=1S/C20H21FN4O2/c1-12-18-16(20(26)25-9-7-15(22-2)8-10-25)11-17(23-19(18)27-24-12)13-3-5-14(21)6-4-13/h3-6,11,15,22H,7-10H2,1-2H3. The highest BCUT2D eigenvalue weighted by molar-refractivity contribution is 6.07. The minimum atomic E-state index is -0.320. The maximum atomic E-state index is 13.3. The van der Waals surface area contributed by atoms with Gasteiger partial charge in [-0.2, -0.15) is 0 Å². The Hall–Kier alpha value is -2.80. The molecule has 2 aromatic heterocycles. The van der Waals surface area contributed by atoms with E-state index in [4.69, 9.17) is 4.52 Å². The quantitative estimate of drug-likeness (QED) is 0.769. The van der Waals surface area contributed by atoms with Crippen molar-refractivity contribution in [1.29, 1.82) is 0 Å². The van der Waals surface area contributed by atoms with Crippen LogP contribution in [0.3, 0.4) is 0 Å². The van der Waals surface area contributed by atoms with E-state index in [-0.39, 0.29) is 11.7 Å². The first-order valence-electron chi connectivity index (χ1n) is 9.06. The Labute approximate surface area is 156 Å². The van der Waals surface area contributed by atoms with Crippen LogP contribution in [0, 0.1) is 12.7 Å². The molecule has 1 N–H and O–H groups in total. The van der Waals surface area contributed by atoms with E-state index < -0.39 is 0 Å². The molecule has 3 aromatic rings. The Morgan fingerprint density at radius 1 is 1.26 bits per heavy atom. The highest BCUT2D eigenvalue weighted by atomic mass is 19.1. The maximum Gasteiger partial charge on any atom is 0.259 e. The zero-order chi connectivity index (χ0) is 19.0. The van der Waals surface area contributed by atoms with Crippen LogP contribution in [0.1, 0.15) is 28.9 Å². The number of benzene rings is 1. The summed E-state index contributed by atoms with van der Waals surface area (Å²) in [6, 6.07) is 8.22. The lowest BCUT2D eigenvalue weighted by Gasteiger charge is -2.32. The fraction of sp³-hybridized carbons (Fsp3) is 0.350. The molecular weight excluding hydrogens is 347 g/mol. The van der Waals surface area contributed by atoms with Gasteiger partial charge in [0.05, 0.1) is 22.3 Å². The lowest BCUT2D eigenvalue weighted by Crippen LogP contribution is -2.44. The van der Waals surface area contributed by atoms with Crippen LogP contribution in [0.15, 0.2) is 34.9 Å². The summed E-state index contributed by atoms with van der Waals surface area (Å²) in [5.41, 5.74) is 2.77. The first-order chi connectivity index (χ1) is 13.1. The van der Waals surface area contributed by atoms with E-state index in [1.54, 1.807) is 25.1 Å². The molecule has 140 valence electrons. The van der Waals surface area contributed by atoms with Gasteiger partial charge in [0.15, 0.2) is 0 Å². The van der Waals surface area contributed by atoms with Crippen LogP contribution in [0.25, 0.3) is 22.4 Å². The fourth-order valence-corrected chi connectivity index (χ4v) is 3.57. The van der Waals surface area contributed by atoms with Crippen LogP contribution in [-0.4, -0.2) is 47.1 Å². The van der Waals surface area contributed by atoms with Crippen molar-refractivity contribution < 1.29 is 13.7 Å². The number of aryl methyl sites for hydroxylation is 1. The second-order valence-corrected chi connectivity index (χ2v) is 6.87. The van der Waals surface area contributed by atoms with Crippen LogP contribution in [0.4, 0.5) is 4.39 Å². The normalized spacial score (nSPS) is 15.4. The largest absolute Gasteiger partial charge is 0.339 e. The van der Waals surface area contributed by atoms with Crippen molar-refractivity contribution in [3.8, 4) is 11.3 Å². The minimum Gasteiger partial charge on any atom is -0.339 e. The number of nitrogens with one attached hydrogen (secondary N) is 1. The molecule has 6 nitrogen and oxygen atoms in total. The molecule has 0 atom stereocenters. The molecule has 1 aromatic carbocycles. The van der Waals surface area contributed by atoms with E-state index in [0.717, 1.165) is 18.4 Å². The van der Waals surface area contributed by atoms with Crippen LogP contribution in [0.5, 0.6) is 0 Å². The van der Waals surface area contributed by atoms with Gasteiger partial charge in [-0.3, -0.25) is 4.79 Å². The van der Waals surface area contributed by atoms with E-state index in [0.29, 0.717) is 47.2 Å². The summed E-state index contributed by atoms with van der Waals surface area (Å²) >= 11 is 0. The zero-order valence-electron chi connectivity index (χ0n) is 15.3. The summed E-state index contributed by atoms with van der Waals surface area (Å²) in [6.45, 7) is 3.20. The maximum absolute atomic E-state index is 13.3. The van der Waals surface area contributed by atoms with Crippen molar-refractivity contribution in [2.24, 2.45) is 0 Å². The number of pyridine rings is 1. The van der Waals surface area contributed by atoms with E-state index in [9.17, 15) is 9.18 Å². The van der Waals surface area contributed by atoms with Gasteiger partial charge in [0.2, 0.25) is 0 Å². The average Bonchev–Trinajstić information content (AvgIpc) is 3.08. The Bertz CT molecular complexity index is 976. The van der Waals surface area contributed by atoms with Gasteiger partial charge >= 0.3 is 0 Å². The third-order valence-corrected chi connectivity index (χ3v) is 5.18. The van der Waals surface area contributed by atoms with E-state index in [1.165, 1.54) is 12.1 Å². The van der Waals surface area contributed by atoms with Crippen molar-refractivity contribution in [2.45, 2.75) is 25.8 Å². The number of piperidine rings is 1. The lowest BCUT2D eigenvalue weighted by atomic mass is 10.0. The van der Waals surface area contributed by atoms with Gasteiger partial charge in [-0.1, -0.05) is 5.16 Å². The first kappa shape index (κ1) is 17.6. The Morgan fingerprint density at radius 3 is 2.63 bits per heavy atom. The van der Waals surface area contributed by atoms with Crippen LogP contribution in [0.2, 0.25) is 0 Å². The Balaban J connectivity index is 1.75. The lowest BCUT2D eigenvalue weighted by molar-refractivity contribution is 0.0709. The third-order valence-electron chi connectivity index (χ3n) is 5.18. The molecule has 4 rings (SSSR count). The summed E-state index contributed by atoms with van der Waals surface area (Å²) in [6.07, 6.45) is 1.84. The number of halogens is 1. The molecule has 1 aliphatic heterocycles. The molecule has 0 radical (unpaired) electrons. The molecule has 0 spiro atoms. The number of fused-ring (bicyclic) bond motifs is 1. The highest BCUT2D eigenvalue weighted by Crippen LogP contribution is 2.28. The smallest absolute Gasteiger partial charge is 0.259 e. The summed E-state index contributed by atoms with van der Waals surface area (Å²) in [5.74, 6) is -0.370. The number of aromatic nitrogens is 2. The highest BCUT2D eigenvalue weighted by Gasteiger charge is 2.26. The van der Waals surface area contributed by atoms with Gasteiger partial charge in [0.25, 0.3) is 11.6 Å². The van der Waals surface area contributed by atoms with Gasteiger partial charge in [0.1, 0.15) is 5.82 Å². The number of carbonyl (C=O) groups excluding carboxylic acids is 1. The number of hydrogen-bond donors (Lipinski definition) is 1. The number of hydrogen-bond acceptors (Lipinski definition) is 5. The van der Waals surface area contributed by atoms with Crippen molar-refractivity contribution in [3.05, 3.63) is 47.4 Å². The van der Waals surface area contributed by atoms with Crippen LogP contribution in [-0.2, 0) is 0 Å². The molecule has 1 saturated heterocycles. The molecule has 1 amide bonds. The van der Waals surface area contributed by atoms with E-state index >= 15 is 0 Å². The molecule has 0 unspecified atom stereocenters. The number of nitrogens with zero attached hydrogens (tertiary/aromatic N) is 3. The molecule has 1 fully saturated rings. The number of likely N-dealkylation sites (tertiary alicyclic amines) is 1. The number of amides is 1. The fourth-order valence-electron chi connectivity index (χ4n) is 3.57. The van der Waals surface area contributed by atoms with Gasteiger partial charge in [-0.05, 0) is 57.1 Å². The van der Waals surface area contributed by atoms with Crippen molar-refractivity contribution in [3.63, 3.8) is 0 Å². The van der Waals surface area contributed by atoms with E-state index in [1.807, 2.05) is 11.9 Å². The molecule has 0 aliphatic carbocycles. The topological polar surface area (TPSA) is 71.3 Å². The zero-order valence-corrected chi connectivity index (χ0v) is 15.3. The second-order valence-electron chi connectivity index (χ2n) is 6.87. The predicted octanol–water partition coefficient (Wildman–Crippen LogP) is 3.16. The Kier molecular flexibility index (Phi) is 4.61.